The van der Waals surface area contributed by atoms with E-state index in [1.54, 1.807) is 0 Å². The average molecular weight is 307 g/mol. The van der Waals surface area contributed by atoms with E-state index in [-0.39, 0.29) is 9.92 Å². The summed E-state index contributed by atoms with van der Waals surface area (Å²) in [6, 6.07) is 3.62. The summed E-state index contributed by atoms with van der Waals surface area (Å²) in [6.45, 7) is 0. The topological polar surface area (TPSA) is 51.8 Å². The Morgan fingerprint density at radius 3 is 2.30 bits per heavy atom. The van der Waals surface area contributed by atoms with Crippen LogP contribution in [-0.2, 0) is 6.18 Å². The van der Waals surface area contributed by atoms with E-state index in [1.807, 2.05) is 0 Å². The molecule has 106 valence electrons. The summed E-state index contributed by atoms with van der Waals surface area (Å²) < 4.78 is 63.4. The summed E-state index contributed by atoms with van der Waals surface area (Å²) in [4.78, 5) is 6.87. The molecule has 0 saturated heterocycles. The molecule has 0 bridgehead atoms. The molecule has 0 saturated carbocycles. The van der Waals surface area contributed by atoms with Crippen molar-refractivity contribution in [3.05, 3.63) is 41.6 Å². The van der Waals surface area contributed by atoms with E-state index < -0.39 is 29.5 Å². The number of rotatable bonds is 2. The third kappa shape index (κ3) is 3.35. The fourth-order valence-electron chi connectivity index (χ4n) is 1.30. The van der Waals surface area contributed by atoms with Gasteiger partial charge in [0, 0.05) is 11.0 Å². The summed E-state index contributed by atoms with van der Waals surface area (Å²) >= 11 is 0.717. The third-order valence-corrected chi connectivity index (χ3v) is 3.03. The van der Waals surface area contributed by atoms with Crippen molar-refractivity contribution in [2.45, 2.75) is 16.1 Å². The van der Waals surface area contributed by atoms with Crippen LogP contribution in [0, 0.1) is 11.6 Å². The normalized spacial score (nSPS) is 11.7. The molecule has 0 radical (unpaired) electrons. The van der Waals surface area contributed by atoms with Crippen LogP contribution < -0.4 is 5.73 Å². The zero-order valence-electron chi connectivity index (χ0n) is 9.58. The second-order valence-electron chi connectivity index (χ2n) is 3.63. The molecule has 1 aromatic heterocycles. The van der Waals surface area contributed by atoms with E-state index in [0.29, 0.717) is 6.07 Å². The van der Waals surface area contributed by atoms with Crippen molar-refractivity contribution in [3.8, 4) is 0 Å². The number of nitrogens with zero attached hydrogens (tertiary/aromatic N) is 2. The summed E-state index contributed by atoms with van der Waals surface area (Å²) in [5, 5.41) is -0.115. The third-order valence-electron chi connectivity index (χ3n) is 2.12. The molecule has 2 aromatic rings. The van der Waals surface area contributed by atoms with Crippen molar-refractivity contribution in [1.82, 2.24) is 9.97 Å². The van der Waals surface area contributed by atoms with Crippen LogP contribution in [0.1, 0.15) is 5.69 Å². The molecular formula is C11H6F5N3S. The lowest BCUT2D eigenvalue weighted by Crippen LogP contribution is -2.11. The molecule has 2 rings (SSSR count). The molecular weight excluding hydrogens is 301 g/mol. The van der Waals surface area contributed by atoms with Gasteiger partial charge in [0.2, 0.25) is 5.95 Å². The van der Waals surface area contributed by atoms with E-state index in [2.05, 4.69) is 9.97 Å². The number of halogens is 5. The first-order valence-electron chi connectivity index (χ1n) is 5.10. The predicted molar refractivity (Wildman–Crippen MR) is 61.9 cm³/mol. The highest BCUT2D eigenvalue weighted by Crippen LogP contribution is 2.33. The molecule has 20 heavy (non-hydrogen) atoms. The van der Waals surface area contributed by atoms with Gasteiger partial charge in [-0.25, -0.2) is 18.7 Å². The first kappa shape index (κ1) is 14.5. The van der Waals surface area contributed by atoms with Crippen molar-refractivity contribution in [1.29, 1.82) is 0 Å². The second kappa shape index (κ2) is 5.23. The molecule has 9 heteroatoms. The smallest absolute Gasteiger partial charge is 0.368 e. The van der Waals surface area contributed by atoms with Crippen LogP contribution in [0.15, 0.2) is 34.2 Å². The molecule has 0 unspecified atom stereocenters. The van der Waals surface area contributed by atoms with Gasteiger partial charge in [0.05, 0.1) is 0 Å². The van der Waals surface area contributed by atoms with E-state index in [9.17, 15) is 22.0 Å². The van der Waals surface area contributed by atoms with Crippen LogP contribution in [-0.4, -0.2) is 9.97 Å². The Balaban J connectivity index is 2.33. The fourth-order valence-corrected chi connectivity index (χ4v) is 2.15. The summed E-state index contributed by atoms with van der Waals surface area (Å²) in [5.74, 6) is -2.70. The standard InChI is InChI=1S/C11H6F5N3S/c12-6-2-1-5(3-7(6)13)20-9-4-8(11(14,15)16)18-10(17)19-9/h1-4H,(H2,17,18,19). The Morgan fingerprint density at radius 1 is 1.00 bits per heavy atom. The molecule has 0 aliphatic heterocycles. The molecule has 0 fully saturated rings. The minimum absolute atomic E-state index is 0.115. The van der Waals surface area contributed by atoms with Crippen molar-refractivity contribution in [2.24, 2.45) is 0 Å². The van der Waals surface area contributed by atoms with Gasteiger partial charge in [0.1, 0.15) is 5.03 Å². The predicted octanol–water partition coefficient (Wildman–Crippen LogP) is 3.51. The van der Waals surface area contributed by atoms with E-state index in [0.717, 1.165) is 23.9 Å². The molecule has 0 atom stereocenters. The number of anilines is 1. The molecule has 1 aromatic carbocycles. The van der Waals surface area contributed by atoms with Crippen molar-refractivity contribution in [3.63, 3.8) is 0 Å². The van der Waals surface area contributed by atoms with Crippen LogP contribution in [0.4, 0.5) is 27.9 Å². The highest BCUT2D eigenvalue weighted by Gasteiger charge is 2.33. The fraction of sp³-hybridized carbons (Fsp3) is 0.0909. The minimum atomic E-state index is -4.67. The maximum atomic E-state index is 13.0. The lowest BCUT2D eigenvalue weighted by molar-refractivity contribution is -0.141. The van der Waals surface area contributed by atoms with Gasteiger partial charge in [0.15, 0.2) is 17.3 Å². The summed E-state index contributed by atoms with van der Waals surface area (Å²) in [6.07, 6.45) is -4.67. The molecule has 0 aliphatic carbocycles. The van der Waals surface area contributed by atoms with Crippen LogP contribution in [0.5, 0.6) is 0 Å². The van der Waals surface area contributed by atoms with Crippen molar-refractivity contribution < 1.29 is 22.0 Å². The van der Waals surface area contributed by atoms with Crippen LogP contribution >= 0.6 is 11.8 Å². The van der Waals surface area contributed by atoms with Crippen LogP contribution in [0.2, 0.25) is 0 Å². The van der Waals surface area contributed by atoms with E-state index in [1.165, 1.54) is 6.07 Å². The Morgan fingerprint density at radius 2 is 1.70 bits per heavy atom. The highest BCUT2D eigenvalue weighted by atomic mass is 32.2. The zero-order chi connectivity index (χ0) is 14.9. The lowest BCUT2D eigenvalue weighted by Gasteiger charge is -2.08. The number of hydrogen-bond donors (Lipinski definition) is 1. The maximum absolute atomic E-state index is 13.0. The Bertz CT molecular complexity index is 644. The summed E-state index contributed by atoms with van der Waals surface area (Å²) in [7, 11) is 0. The van der Waals surface area contributed by atoms with Gasteiger partial charge in [0.25, 0.3) is 0 Å². The van der Waals surface area contributed by atoms with Crippen molar-refractivity contribution in [2.75, 3.05) is 5.73 Å². The minimum Gasteiger partial charge on any atom is -0.368 e. The van der Waals surface area contributed by atoms with Crippen molar-refractivity contribution >= 4 is 17.7 Å². The first-order valence-corrected chi connectivity index (χ1v) is 5.92. The largest absolute Gasteiger partial charge is 0.433 e. The lowest BCUT2D eigenvalue weighted by atomic mass is 10.3. The van der Waals surface area contributed by atoms with Crippen LogP contribution in [0.25, 0.3) is 0 Å². The molecule has 2 N–H and O–H groups in total. The Labute approximate surface area is 114 Å². The number of nitrogen functional groups attached to an aromatic ring is 1. The van der Waals surface area contributed by atoms with Gasteiger partial charge in [-0.3, -0.25) is 0 Å². The SMILES string of the molecule is Nc1nc(Sc2ccc(F)c(F)c2)cc(C(F)(F)F)n1. The number of benzene rings is 1. The molecule has 0 amide bonds. The molecule has 1 heterocycles. The number of hydrogen-bond acceptors (Lipinski definition) is 4. The van der Waals surface area contributed by atoms with Gasteiger partial charge in [-0.15, -0.1) is 0 Å². The molecule has 0 aliphatic rings. The van der Waals surface area contributed by atoms with E-state index >= 15 is 0 Å². The zero-order valence-corrected chi connectivity index (χ0v) is 10.4. The number of aromatic nitrogens is 2. The monoisotopic (exact) mass is 307 g/mol. The average Bonchev–Trinajstić information content (AvgIpc) is 2.32. The second-order valence-corrected chi connectivity index (χ2v) is 4.72. The molecule has 3 nitrogen and oxygen atoms in total. The quantitative estimate of drug-likeness (QED) is 0.681. The maximum Gasteiger partial charge on any atom is 0.433 e. The first-order chi connectivity index (χ1) is 9.25. The van der Waals surface area contributed by atoms with Crippen LogP contribution in [0.3, 0.4) is 0 Å². The van der Waals surface area contributed by atoms with Gasteiger partial charge in [-0.1, -0.05) is 11.8 Å². The Kier molecular flexibility index (Phi) is 3.80. The molecule has 0 spiro atoms. The van der Waals surface area contributed by atoms with E-state index in [4.69, 9.17) is 5.73 Å². The highest BCUT2D eigenvalue weighted by molar-refractivity contribution is 7.99. The van der Waals surface area contributed by atoms with Gasteiger partial charge < -0.3 is 5.73 Å². The van der Waals surface area contributed by atoms with Gasteiger partial charge in [-0.2, -0.15) is 13.2 Å². The van der Waals surface area contributed by atoms with Gasteiger partial charge >= 0.3 is 6.18 Å². The number of nitrogens with two attached hydrogens (primary N) is 1. The number of alkyl halides is 3. The summed E-state index contributed by atoms with van der Waals surface area (Å²) in [5.41, 5.74) is 4.00. The van der Waals surface area contributed by atoms with Gasteiger partial charge in [-0.05, 0) is 18.2 Å². The Hall–Kier alpha value is -1.90.